The van der Waals surface area contributed by atoms with E-state index in [9.17, 15) is 10.2 Å². The Bertz CT molecular complexity index is 278. The average molecular weight is 289 g/mol. The first-order valence-electron chi connectivity index (χ1n) is 7.62. The van der Waals surface area contributed by atoms with E-state index in [1.54, 1.807) is 6.92 Å². The summed E-state index contributed by atoms with van der Waals surface area (Å²) in [6.07, 6.45) is 0.461. The first-order chi connectivity index (χ1) is 8.54. The molecule has 3 nitrogen and oxygen atoms in total. The maximum absolute atomic E-state index is 10.1. The summed E-state index contributed by atoms with van der Waals surface area (Å²) in [6.45, 7) is 15.3. The van der Waals surface area contributed by atoms with Crippen molar-refractivity contribution in [1.29, 1.82) is 0 Å². The molecule has 3 atom stereocenters. The van der Waals surface area contributed by atoms with Crippen LogP contribution in [0.5, 0.6) is 0 Å². The van der Waals surface area contributed by atoms with Crippen molar-refractivity contribution >= 4 is 8.32 Å². The van der Waals surface area contributed by atoms with Gasteiger partial charge in [-0.2, -0.15) is 0 Å². The van der Waals surface area contributed by atoms with Crippen LogP contribution >= 0.6 is 0 Å². The summed E-state index contributed by atoms with van der Waals surface area (Å²) in [5, 5.41) is 20.1. The summed E-state index contributed by atoms with van der Waals surface area (Å²) < 4.78 is 6.61. The van der Waals surface area contributed by atoms with Gasteiger partial charge in [0.1, 0.15) is 0 Å². The predicted octanol–water partition coefficient (Wildman–Crippen LogP) is 3.45. The predicted molar refractivity (Wildman–Crippen MR) is 81.8 cm³/mol. The van der Waals surface area contributed by atoms with Gasteiger partial charge in [-0.3, -0.25) is 0 Å². The largest absolute Gasteiger partial charge is 0.413 e. The first-order valence-corrected chi connectivity index (χ1v) is 9.76. The monoisotopic (exact) mass is 288 g/mol. The normalized spacial score (nSPS) is 32.8. The molecule has 0 radical (unpaired) electrons. The molecule has 0 amide bonds. The summed E-state index contributed by atoms with van der Waals surface area (Å²) in [4.78, 5) is 0. The minimum atomic E-state index is -1.91. The highest BCUT2D eigenvalue weighted by atomic mass is 28.4. The Labute approximate surface area is 119 Å². The minimum absolute atomic E-state index is 0.00358. The number of aliphatic hydroxyl groups excluding tert-OH is 1. The van der Waals surface area contributed by atoms with Crippen molar-refractivity contribution in [2.75, 3.05) is 0 Å². The van der Waals surface area contributed by atoms with Gasteiger partial charge in [-0.25, -0.2) is 0 Å². The zero-order chi connectivity index (χ0) is 15.0. The van der Waals surface area contributed by atoms with Gasteiger partial charge in [0, 0.05) is 12.8 Å². The second kappa shape index (κ2) is 5.84. The van der Waals surface area contributed by atoms with E-state index in [0.717, 1.165) is 0 Å². The van der Waals surface area contributed by atoms with Crippen LogP contribution in [0.4, 0.5) is 0 Å². The van der Waals surface area contributed by atoms with E-state index in [1.165, 1.54) is 0 Å². The second-order valence-electron chi connectivity index (χ2n) is 7.37. The Hall–Kier alpha value is 0.0969. The lowest BCUT2D eigenvalue weighted by Crippen LogP contribution is -2.50. The van der Waals surface area contributed by atoms with Crippen LogP contribution in [0.3, 0.4) is 0 Å². The lowest BCUT2D eigenvalue weighted by Gasteiger charge is -2.44. The molecule has 19 heavy (non-hydrogen) atoms. The Morgan fingerprint density at radius 3 is 1.74 bits per heavy atom. The van der Waals surface area contributed by atoms with E-state index in [4.69, 9.17) is 4.43 Å². The Balaban J connectivity index is 2.92. The highest BCUT2D eigenvalue weighted by Crippen LogP contribution is 2.45. The van der Waals surface area contributed by atoms with Crippen LogP contribution < -0.4 is 0 Å². The van der Waals surface area contributed by atoms with E-state index in [-0.39, 0.29) is 6.10 Å². The quantitative estimate of drug-likeness (QED) is 0.762. The van der Waals surface area contributed by atoms with Gasteiger partial charge >= 0.3 is 0 Å². The highest BCUT2D eigenvalue weighted by Gasteiger charge is 2.50. The zero-order valence-corrected chi connectivity index (χ0v) is 14.6. The summed E-state index contributed by atoms with van der Waals surface area (Å²) in [5.41, 5.74) is 0.621. The molecule has 2 N–H and O–H groups in total. The first kappa shape index (κ1) is 17.1. The van der Waals surface area contributed by atoms with Crippen LogP contribution in [0.15, 0.2) is 0 Å². The molecule has 1 fully saturated rings. The maximum atomic E-state index is 10.1. The fourth-order valence-electron chi connectivity index (χ4n) is 3.97. The molecular weight excluding hydrogens is 256 g/mol. The lowest BCUT2D eigenvalue weighted by atomic mass is 10.0. The number of hydrogen-bond donors (Lipinski definition) is 2. The molecule has 0 aromatic rings. The van der Waals surface area contributed by atoms with Gasteiger partial charge in [0.15, 0.2) is 0 Å². The van der Waals surface area contributed by atoms with Gasteiger partial charge in [0.2, 0.25) is 8.32 Å². The lowest BCUT2D eigenvalue weighted by molar-refractivity contribution is -0.0391. The Morgan fingerprint density at radius 1 is 1.05 bits per heavy atom. The number of aliphatic hydroxyl groups is 2. The summed E-state index contributed by atoms with van der Waals surface area (Å²) in [5.74, 6) is 0. The number of hydrogen-bond acceptors (Lipinski definition) is 3. The molecule has 0 saturated heterocycles. The van der Waals surface area contributed by atoms with Gasteiger partial charge < -0.3 is 14.6 Å². The molecule has 1 aliphatic rings. The molecule has 0 aromatic carbocycles. The molecule has 0 heterocycles. The van der Waals surface area contributed by atoms with E-state index < -0.39 is 20.0 Å². The van der Waals surface area contributed by atoms with Gasteiger partial charge in [0.25, 0.3) is 0 Å². The molecule has 1 saturated carbocycles. The molecule has 0 bridgehead atoms. The van der Waals surface area contributed by atoms with E-state index in [2.05, 4.69) is 41.5 Å². The van der Waals surface area contributed by atoms with Crippen molar-refractivity contribution in [2.24, 2.45) is 0 Å². The molecule has 3 unspecified atom stereocenters. The van der Waals surface area contributed by atoms with Crippen molar-refractivity contribution in [2.45, 2.75) is 95.7 Å². The highest BCUT2D eigenvalue weighted by molar-refractivity contribution is 6.77. The van der Waals surface area contributed by atoms with Crippen LogP contribution in [0.25, 0.3) is 0 Å². The Kier molecular flexibility index (Phi) is 5.27. The van der Waals surface area contributed by atoms with Crippen LogP contribution in [0, 0.1) is 0 Å². The summed E-state index contributed by atoms with van der Waals surface area (Å²) >= 11 is 0. The molecule has 4 heteroatoms. The van der Waals surface area contributed by atoms with Crippen LogP contribution in [0.1, 0.15) is 61.3 Å². The molecule has 0 spiro atoms. The fraction of sp³-hybridized carbons (Fsp3) is 1.00. The Morgan fingerprint density at radius 2 is 1.47 bits per heavy atom. The fourth-order valence-corrected chi connectivity index (χ4v) is 9.54. The van der Waals surface area contributed by atoms with E-state index in [1.807, 2.05) is 0 Å². The average Bonchev–Trinajstić information content (AvgIpc) is 2.47. The topological polar surface area (TPSA) is 49.7 Å². The van der Waals surface area contributed by atoms with Gasteiger partial charge in [-0.1, -0.05) is 41.5 Å². The summed E-state index contributed by atoms with van der Waals surface area (Å²) in [6, 6.07) is 0. The molecule has 0 aromatic heterocycles. The minimum Gasteiger partial charge on any atom is -0.413 e. The summed E-state index contributed by atoms with van der Waals surface area (Å²) in [7, 11) is -1.91. The molecule has 1 aliphatic carbocycles. The molecule has 0 aliphatic heterocycles. The molecular formula is C15H32O3Si. The van der Waals surface area contributed by atoms with Gasteiger partial charge in [-0.15, -0.1) is 0 Å². The number of rotatable bonds is 5. The van der Waals surface area contributed by atoms with Crippen LogP contribution in [0.2, 0.25) is 16.6 Å². The van der Waals surface area contributed by atoms with E-state index in [0.29, 0.717) is 29.5 Å². The third kappa shape index (κ3) is 3.23. The van der Waals surface area contributed by atoms with Crippen LogP contribution in [-0.2, 0) is 4.43 Å². The van der Waals surface area contributed by atoms with Crippen molar-refractivity contribution in [1.82, 2.24) is 0 Å². The third-order valence-corrected chi connectivity index (χ3v) is 11.1. The van der Waals surface area contributed by atoms with Crippen molar-refractivity contribution in [3.05, 3.63) is 0 Å². The smallest absolute Gasteiger partial charge is 0.200 e. The van der Waals surface area contributed by atoms with Crippen molar-refractivity contribution in [3.63, 3.8) is 0 Å². The SMILES string of the molecule is CC(C)[Si](OC1CC(O)C(C)(O)C1)(C(C)C)C(C)C. The molecule has 114 valence electrons. The van der Waals surface area contributed by atoms with Crippen molar-refractivity contribution < 1.29 is 14.6 Å². The van der Waals surface area contributed by atoms with Gasteiger partial charge in [-0.05, 0) is 23.5 Å². The van der Waals surface area contributed by atoms with Gasteiger partial charge in [0.05, 0.1) is 17.8 Å². The van der Waals surface area contributed by atoms with E-state index >= 15 is 0 Å². The maximum Gasteiger partial charge on any atom is 0.200 e. The molecule has 1 rings (SSSR count). The zero-order valence-electron chi connectivity index (χ0n) is 13.6. The standard InChI is InChI=1S/C15H32O3Si/c1-10(2)19(11(3)4,12(5)6)18-13-8-14(16)15(7,17)9-13/h10-14,16-17H,8-9H2,1-7H3. The van der Waals surface area contributed by atoms with Crippen LogP contribution in [-0.4, -0.2) is 36.3 Å². The third-order valence-electron chi connectivity index (χ3n) is 4.92. The second-order valence-corrected chi connectivity index (χ2v) is 12.8. The van der Waals surface area contributed by atoms with Crippen molar-refractivity contribution in [3.8, 4) is 0 Å².